The highest BCUT2D eigenvalue weighted by atomic mass is 16.5. The molecule has 3 heteroatoms. The molecule has 0 aromatic rings. The van der Waals surface area contributed by atoms with Crippen molar-refractivity contribution in [2.45, 2.75) is 45.7 Å². The highest BCUT2D eigenvalue weighted by Gasteiger charge is 2.29. The van der Waals surface area contributed by atoms with Crippen LogP contribution < -0.4 is 5.32 Å². The number of rotatable bonds is 5. The largest absolute Gasteiger partial charge is 0.382 e. The first kappa shape index (κ1) is 12.9. The van der Waals surface area contributed by atoms with Gasteiger partial charge in [0.25, 0.3) is 0 Å². The highest BCUT2D eigenvalue weighted by molar-refractivity contribution is 4.90. The molecule has 0 amide bonds. The molecule has 0 bridgehead atoms. The molecule has 1 unspecified atom stereocenters. The minimum Gasteiger partial charge on any atom is -0.382 e. The standard InChI is InChI=1S/C12H26N2O/c1-5-15-8-6-7-14-10-12(3,4)13-9-11(14)2/h11,13H,5-10H2,1-4H3. The van der Waals surface area contributed by atoms with Crippen molar-refractivity contribution < 1.29 is 4.74 Å². The molecule has 1 rings (SSSR count). The van der Waals surface area contributed by atoms with Gasteiger partial charge in [-0.15, -0.1) is 0 Å². The molecule has 1 saturated heterocycles. The molecule has 0 spiro atoms. The second-order valence-electron chi connectivity index (χ2n) is 5.13. The molecule has 3 nitrogen and oxygen atoms in total. The van der Waals surface area contributed by atoms with Crippen molar-refractivity contribution in [2.75, 3.05) is 32.8 Å². The van der Waals surface area contributed by atoms with E-state index < -0.39 is 0 Å². The molecule has 0 aliphatic carbocycles. The van der Waals surface area contributed by atoms with Gasteiger partial charge in [0.1, 0.15) is 0 Å². The predicted molar refractivity (Wildman–Crippen MR) is 64.2 cm³/mol. The van der Waals surface area contributed by atoms with Gasteiger partial charge < -0.3 is 10.1 Å². The van der Waals surface area contributed by atoms with Crippen LogP contribution in [0.15, 0.2) is 0 Å². The lowest BCUT2D eigenvalue weighted by Crippen LogP contribution is -2.60. The number of hydrogen-bond acceptors (Lipinski definition) is 3. The van der Waals surface area contributed by atoms with Crippen molar-refractivity contribution in [3.05, 3.63) is 0 Å². The van der Waals surface area contributed by atoms with Gasteiger partial charge in [-0.25, -0.2) is 0 Å². The van der Waals surface area contributed by atoms with Crippen LogP contribution in [0.25, 0.3) is 0 Å². The second-order valence-corrected chi connectivity index (χ2v) is 5.13. The van der Waals surface area contributed by atoms with Crippen molar-refractivity contribution in [1.29, 1.82) is 0 Å². The van der Waals surface area contributed by atoms with Gasteiger partial charge in [-0.3, -0.25) is 4.90 Å². The number of piperazine rings is 1. The molecule has 90 valence electrons. The van der Waals surface area contributed by atoms with E-state index in [2.05, 4.69) is 37.9 Å². The van der Waals surface area contributed by atoms with Crippen LogP contribution in [0.1, 0.15) is 34.1 Å². The van der Waals surface area contributed by atoms with E-state index in [0.717, 1.165) is 39.3 Å². The van der Waals surface area contributed by atoms with E-state index in [1.807, 2.05) is 0 Å². The van der Waals surface area contributed by atoms with E-state index in [-0.39, 0.29) is 5.54 Å². The summed E-state index contributed by atoms with van der Waals surface area (Å²) in [5.74, 6) is 0. The molecule has 1 fully saturated rings. The maximum absolute atomic E-state index is 5.37. The maximum atomic E-state index is 5.37. The van der Waals surface area contributed by atoms with Gasteiger partial charge in [-0.1, -0.05) is 0 Å². The van der Waals surface area contributed by atoms with Crippen LogP contribution >= 0.6 is 0 Å². The summed E-state index contributed by atoms with van der Waals surface area (Å²) in [6.07, 6.45) is 1.15. The van der Waals surface area contributed by atoms with Gasteiger partial charge in [0, 0.05) is 44.4 Å². The van der Waals surface area contributed by atoms with Crippen LogP contribution in [0.3, 0.4) is 0 Å². The normalized spacial score (nSPS) is 26.8. The van der Waals surface area contributed by atoms with E-state index in [1.165, 1.54) is 0 Å². The average molecular weight is 214 g/mol. The Bertz CT molecular complexity index is 182. The molecule has 1 heterocycles. The lowest BCUT2D eigenvalue weighted by Gasteiger charge is -2.43. The summed E-state index contributed by atoms with van der Waals surface area (Å²) in [5, 5.41) is 3.57. The van der Waals surface area contributed by atoms with Gasteiger partial charge in [0.15, 0.2) is 0 Å². The summed E-state index contributed by atoms with van der Waals surface area (Å²) < 4.78 is 5.37. The van der Waals surface area contributed by atoms with Gasteiger partial charge >= 0.3 is 0 Å². The maximum Gasteiger partial charge on any atom is 0.0478 e. The van der Waals surface area contributed by atoms with Crippen LogP contribution in [0, 0.1) is 0 Å². The molecule has 0 saturated carbocycles. The molecule has 0 aromatic heterocycles. The molecule has 0 aromatic carbocycles. The minimum atomic E-state index is 0.262. The molecule has 0 radical (unpaired) electrons. The monoisotopic (exact) mass is 214 g/mol. The van der Waals surface area contributed by atoms with Crippen molar-refractivity contribution in [2.24, 2.45) is 0 Å². The number of nitrogens with one attached hydrogen (secondary N) is 1. The lowest BCUT2D eigenvalue weighted by molar-refractivity contribution is 0.0830. The SMILES string of the molecule is CCOCCCN1CC(C)(C)NCC1C. The zero-order valence-corrected chi connectivity index (χ0v) is 10.7. The fourth-order valence-electron chi connectivity index (χ4n) is 2.09. The molecule has 15 heavy (non-hydrogen) atoms. The van der Waals surface area contributed by atoms with Gasteiger partial charge in [-0.05, 0) is 34.1 Å². The molecular weight excluding hydrogens is 188 g/mol. The fraction of sp³-hybridized carbons (Fsp3) is 1.00. The zero-order valence-electron chi connectivity index (χ0n) is 10.7. The summed E-state index contributed by atoms with van der Waals surface area (Å²) in [6, 6.07) is 0.652. The van der Waals surface area contributed by atoms with Crippen LogP contribution in [0.2, 0.25) is 0 Å². The highest BCUT2D eigenvalue weighted by Crippen LogP contribution is 2.14. The minimum absolute atomic E-state index is 0.262. The Hall–Kier alpha value is -0.120. The summed E-state index contributed by atoms with van der Waals surface area (Å²) in [6.45, 7) is 14.0. The summed E-state index contributed by atoms with van der Waals surface area (Å²) in [5.41, 5.74) is 0.262. The Balaban J connectivity index is 2.25. The smallest absolute Gasteiger partial charge is 0.0478 e. The average Bonchev–Trinajstić information content (AvgIpc) is 2.18. The molecule has 1 aliphatic rings. The predicted octanol–water partition coefficient (Wildman–Crippen LogP) is 1.49. The molecule has 1 N–H and O–H groups in total. The Morgan fingerprint density at radius 1 is 1.47 bits per heavy atom. The van der Waals surface area contributed by atoms with Crippen LogP contribution in [-0.4, -0.2) is 49.3 Å². The van der Waals surface area contributed by atoms with Crippen molar-refractivity contribution in [3.63, 3.8) is 0 Å². The Labute approximate surface area is 94.2 Å². The van der Waals surface area contributed by atoms with Crippen LogP contribution in [0.5, 0.6) is 0 Å². The Morgan fingerprint density at radius 3 is 2.87 bits per heavy atom. The first-order valence-corrected chi connectivity index (χ1v) is 6.12. The molecule has 1 aliphatic heterocycles. The van der Waals surface area contributed by atoms with Crippen LogP contribution in [-0.2, 0) is 4.74 Å². The summed E-state index contributed by atoms with van der Waals surface area (Å²) in [4.78, 5) is 2.56. The Morgan fingerprint density at radius 2 is 2.20 bits per heavy atom. The van der Waals surface area contributed by atoms with E-state index >= 15 is 0 Å². The third-order valence-corrected chi connectivity index (χ3v) is 3.04. The van der Waals surface area contributed by atoms with E-state index in [0.29, 0.717) is 6.04 Å². The topological polar surface area (TPSA) is 24.5 Å². The Kier molecular flexibility index (Phi) is 5.03. The van der Waals surface area contributed by atoms with Gasteiger partial charge in [0.05, 0.1) is 0 Å². The van der Waals surface area contributed by atoms with E-state index in [1.54, 1.807) is 0 Å². The van der Waals surface area contributed by atoms with Crippen molar-refractivity contribution in [3.8, 4) is 0 Å². The number of ether oxygens (including phenoxy) is 1. The lowest BCUT2D eigenvalue weighted by atomic mass is 9.99. The molecular formula is C12H26N2O. The summed E-state index contributed by atoms with van der Waals surface area (Å²) in [7, 11) is 0. The fourth-order valence-corrected chi connectivity index (χ4v) is 2.09. The van der Waals surface area contributed by atoms with Gasteiger partial charge in [0.2, 0.25) is 0 Å². The first-order chi connectivity index (χ1) is 7.05. The van der Waals surface area contributed by atoms with Crippen molar-refractivity contribution >= 4 is 0 Å². The molecule has 1 atom stereocenters. The quantitative estimate of drug-likeness (QED) is 0.702. The number of nitrogens with zero attached hydrogens (tertiary/aromatic N) is 1. The van der Waals surface area contributed by atoms with Gasteiger partial charge in [-0.2, -0.15) is 0 Å². The summed E-state index contributed by atoms with van der Waals surface area (Å²) >= 11 is 0. The van der Waals surface area contributed by atoms with E-state index in [9.17, 15) is 0 Å². The first-order valence-electron chi connectivity index (χ1n) is 6.12. The van der Waals surface area contributed by atoms with Crippen molar-refractivity contribution in [1.82, 2.24) is 10.2 Å². The zero-order chi connectivity index (χ0) is 11.3. The van der Waals surface area contributed by atoms with Crippen LogP contribution in [0.4, 0.5) is 0 Å². The second kappa shape index (κ2) is 5.83. The third kappa shape index (κ3) is 4.49. The number of hydrogen-bond donors (Lipinski definition) is 1. The third-order valence-electron chi connectivity index (χ3n) is 3.04. The van der Waals surface area contributed by atoms with E-state index in [4.69, 9.17) is 4.74 Å².